The molecule has 48 valence electrons. The zero-order valence-electron chi connectivity index (χ0n) is 5.72. The molecule has 0 aromatic carbocycles. The Bertz CT molecular complexity index is 137. The topological polar surface area (TPSA) is 23.8 Å². The van der Waals surface area contributed by atoms with Gasteiger partial charge in [0.1, 0.15) is 0 Å². The number of hydrogen-bond acceptors (Lipinski definition) is 1. The molecule has 0 N–H and O–H groups in total. The van der Waals surface area contributed by atoms with Crippen molar-refractivity contribution < 1.29 is 0 Å². The van der Waals surface area contributed by atoms with Gasteiger partial charge in [0.25, 0.3) is 0 Å². The van der Waals surface area contributed by atoms with E-state index in [1.165, 1.54) is 0 Å². The lowest BCUT2D eigenvalue weighted by Gasteiger charge is -1.72. The van der Waals surface area contributed by atoms with Crippen molar-refractivity contribution >= 4 is 0 Å². The fourth-order valence-corrected chi connectivity index (χ4v) is 0.238. The molecule has 1 heteroatoms. The van der Waals surface area contributed by atoms with Crippen molar-refractivity contribution in [3.05, 3.63) is 37.5 Å². The van der Waals surface area contributed by atoms with Gasteiger partial charge in [0.2, 0.25) is 0 Å². The summed E-state index contributed by atoms with van der Waals surface area (Å²) in [4.78, 5) is 0. The predicted octanol–water partition coefficient (Wildman–Crippen LogP) is 2.44. The lowest BCUT2D eigenvalue weighted by molar-refractivity contribution is 1.50. The molecule has 0 atom stereocenters. The summed E-state index contributed by atoms with van der Waals surface area (Å²) in [5.74, 6) is 0. The van der Waals surface area contributed by atoms with Gasteiger partial charge in [0.05, 0.1) is 6.07 Å². The third kappa shape index (κ3) is 10.8. The van der Waals surface area contributed by atoms with Gasteiger partial charge in [-0.15, -0.1) is 13.2 Å². The fraction of sp³-hybridized carbons (Fsp3) is 0.125. The van der Waals surface area contributed by atoms with E-state index < -0.39 is 0 Å². The number of nitrogens with zero attached hydrogens (tertiary/aromatic N) is 1. The summed E-state index contributed by atoms with van der Waals surface area (Å²) in [7, 11) is 0. The van der Waals surface area contributed by atoms with Gasteiger partial charge in [-0.1, -0.05) is 12.7 Å². The van der Waals surface area contributed by atoms with Crippen molar-refractivity contribution in [1.82, 2.24) is 0 Å². The molecule has 0 fully saturated rings. The molecule has 0 aliphatic rings. The van der Waals surface area contributed by atoms with Gasteiger partial charge in [-0.25, -0.2) is 0 Å². The largest absolute Gasteiger partial charge is 0.192 e. The van der Waals surface area contributed by atoms with Crippen LogP contribution in [0.25, 0.3) is 0 Å². The van der Waals surface area contributed by atoms with Gasteiger partial charge in [-0.2, -0.15) is 5.26 Å². The second-order valence-corrected chi connectivity index (χ2v) is 1.14. The molecule has 0 rings (SSSR count). The molecule has 0 heterocycles. The first-order chi connectivity index (χ1) is 4.31. The molecule has 0 saturated heterocycles. The average molecular weight is 121 g/mol. The van der Waals surface area contributed by atoms with Crippen molar-refractivity contribution in [3.63, 3.8) is 0 Å². The summed E-state index contributed by atoms with van der Waals surface area (Å²) in [6.07, 6.45) is 3.45. The molecule has 0 aromatic rings. The van der Waals surface area contributed by atoms with E-state index >= 15 is 0 Å². The predicted molar refractivity (Wildman–Crippen MR) is 40.8 cm³/mol. The van der Waals surface area contributed by atoms with Crippen LogP contribution in [0.15, 0.2) is 37.5 Å². The van der Waals surface area contributed by atoms with E-state index in [-0.39, 0.29) is 0 Å². The SMILES string of the molecule is C=C.C=C(C#N)/C=C\C. The Morgan fingerprint density at radius 2 is 2.00 bits per heavy atom. The van der Waals surface area contributed by atoms with Crippen LogP contribution >= 0.6 is 0 Å². The van der Waals surface area contributed by atoms with E-state index in [9.17, 15) is 0 Å². The van der Waals surface area contributed by atoms with Crippen LogP contribution in [-0.4, -0.2) is 0 Å². The Morgan fingerprint density at radius 3 is 2.11 bits per heavy atom. The number of rotatable bonds is 1. The minimum atomic E-state index is 0.502. The fourth-order valence-electron chi connectivity index (χ4n) is 0.238. The van der Waals surface area contributed by atoms with E-state index in [1.807, 2.05) is 13.0 Å². The zero-order chi connectivity index (χ0) is 7.70. The van der Waals surface area contributed by atoms with Crippen LogP contribution in [0.1, 0.15) is 6.92 Å². The quantitative estimate of drug-likeness (QED) is 0.297. The first-order valence-electron chi connectivity index (χ1n) is 2.53. The van der Waals surface area contributed by atoms with Gasteiger partial charge in [0.15, 0.2) is 0 Å². The van der Waals surface area contributed by atoms with Crippen molar-refractivity contribution in [2.24, 2.45) is 0 Å². The molecule has 0 unspecified atom stereocenters. The highest BCUT2D eigenvalue weighted by molar-refractivity contribution is 5.28. The van der Waals surface area contributed by atoms with Crippen LogP contribution in [0, 0.1) is 11.3 Å². The maximum Gasteiger partial charge on any atom is 0.0985 e. The zero-order valence-corrected chi connectivity index (χ0v) is 5.72. The van der Waals surface area contributed by atoms with Crippen molar-refractivity contribution in [1.29, 1.82) is 5.26 Å². The maximum absolute atomic E-state index is 8.07. The normalized spacial score (nSPS) is 7.11. The van der Waals surface area contributed by atoms with E-state index in [2.05, 4.69) is 19.7 Å². The van der Waals surface area contributed by atoms with Gasteiger partial charge in [-0.3, -0.25) is 0 Å². The summed E-state index contributed by atoms with van der Waals surface area (Å²) < 4.78 is 0. The number of allylic oxidation sites excluding steroid dienone is 3. The van der Waals surface area contributed by atoms with E-state index in [0.29, 0.717) is 5.57 Å². The third-order valence-electron chi connectivity index (χ3n) is 0.511. The Hall–Kier alpha value is -1.29. The summed E-state index contributed by atoms with van der Waals surface area (Å²) in [6, 6.07) is 1.88. The molecule has 9 heavy (non-hydrogen) atoms. The molecule has 0 aliphatic carbocycles. The highest BCUT2D eigenvalue weighted by atomic mass is 14.2. The molecular formula is C8H11N. The second kappa shape index (κ2) is 9.86. The molecule has 0 radical (unpaired) electrons. The van der Waals surface area contributed by atoms with E-state index in [4.69, 9.17) is 5.26 Å². The molecule has 0 aliphatic heterocycles. The second-order valence-electron chi connectivity index (χ2n) is 1.14. The third-order valence-corrected chi connectivity index (χ3v) is 0.511. The lowest BCUT2D eigenvalue weighted by atomic mass is 10.3. The summed E-state index contributed by atoms with van der Waals surface area (Å²) in [5, 5.41) is 8.07. The van der Waals surface area contributed by atoms with Crippen LogP contribution in [-0.2, 0) is 0 Å². The first-order valence-corrected chi connectivity index (χ1v) is 2.53. The highest BCUT2D eigenvalue weighted by Gasteiger charge is 1.73. The molecule has 0 bridgehead atoms. The van der Waals surface area contributed by atoms with Crippen molar-refractivity contribution in [2.45, 2.75) is 6.92 Å². The first kappa shape index (κ1) is 10.6. The van der Waals surface area contributed by atoms with Crippen LogP contribution in [0.3, 0.4) is 0 Å². The van der Waals surface area contributed by atoms with E-state index in [0.717, 1.165) is 0 Å². The van der Waals surface area contributed by atoms with Gasteiger partial charge < -0.3 is 0 Å². The highest BCUT2D eigenvalue weighted by Crippen LogP contribution is 1.85. The summed E-state index contributed by atoms with van der Waals surface area (Å²) >= 11 is 0. The Balaban J connectivity index is 0. The van der Waals surface area contributed by atoms with Gasteiger partial charge in [-0.05, 0) is 13.0 Å². The maximum atomic E-state index is 8.07. The van der Waals surface area contributed by atoms with Crippen LogP contribution in [0.4, 0.5) is 0 Å². The van der Waals surface area contributed by atoms with E-state index in [1.54, 1.807) is 12.2 Å². The van der Waals surface area contributed by atoms with Crippen molar-refractivity contribution in [2.75, 3.05) is 0 Å². The molecule has 0 aromatic heterocycles. The van der Waals surface area contributed by atoms with Gasteiger partial charge in [0, 0.05) is 5.57 Å². The lowest BCUT2D eigenvalue weighted by Crippen LogP contribution is -1.60. The number of hydrogen-bond donors (Lipinski definition) is 0. The Kier molecular flexibility index (Phi) is 11.7. The average Bonchev–Trinajstić information content (AvgIpc) is 1.93. The Morgan fingerprint density at radius 1 is 1.56 bits per heavy atom. The molecule has 0 saturated carbocycles. The standard InChI is InChI=1S/C6H7N.C2H4/c1-3-4-6(2)5-7;1-2/h3-4H,2H2,1H3;1-2H2/b4-3-;. The van der Waals surface area contributed by atoms with Crippen LogP contribution < -0.4 is 0 Å². The molecule has 0 amide bonds. The molecule has 1 nitrogen and oxygen atoms in total. The summed E-state index contributed by atoms with van der Waals surface area (Å²) in [5.41, 5.74) is 0.502. The van der Waals surface area contributed by atoms with Crippen LogP contribution in [0.2, 0.25) is 0 Å². The monoisotopic (exact) mass is 121 g/mol. The Labute approximate surface area is 56.6 Å². The molecular weight excluding hydrogens is 110 g/mol. The minimum Gasteiger partial charge on any atom is -0.192 e. The van der Waals surface area contributed by atoms with Gasteiger partial charge >= 0.3 is 0 Å². The summed E-state index contributed by atoms with van der Waals surface area (Å²) in [6.45, 7) is 11.3. The minimum absolute atomic E-state index is 0.502. The smallest absolute Gasteiger partial charge is 0.0985 e. The number of nitriles is 1. The van der Waals surface area contributed by atoms with Crippen molar-refractivity contribution in [3.8, 4) is 6.07 Å². The molecule has 0 spiro atoms. The van der Waals surface area contributed by atoms with Crippen LogP contribution in [0.5, 0.6) is 0 Å².